The molecule has 2 saturated heterocycles. The van der Waals surface area contributed by atoms with E-state index < -0.39 is 0 Å². The summed E-state index contributed by atoms with van der Waals surface area (Å²) in [6.45, 7) is 2.51. The van der Waals surface area contributed by atoms with Crippen molar-refractivity contribution in [2.24, 2.45) is 5.92 Å². The summed E-state index contributed by atoms with van der Waals surface area (Å²) in [4.78, 5) is 28.8. The maximum absolute atomic E-state index is 12.9. The van der Waals surface area contributed by atoms with Crippen molar-refractivity contribution in [2.45, 2.75) is 31.7 Å². The molecule has 0 spiro atoms. The van der Waals surface area contributed by atoms with Crippen LogP contribution in [0.1, 0.15) is 36.5 Å². The molecule has 2 aliphatic rings. The summed E-state index contributed by atoms with van der Waals surface area (Å²) in [5.41, 5.74) is 1.36. The first-order valence-electron chi connectivity index (χ1n) is 9.34. The Kier molecular flexibility index (Phi) is 4.78. The van der Waals surface area contributed by atoms with Gasteiger partial charge in [-0.3, -0.25) is 9.59 Å². The van der Waals surface area contributed by atoms with Crippen LogP contribution in [0.5, 0.6) is 0 Å². The predicted octanol–water partition coefficient (Wildman–Crippen LogP) is 3.03. The average molecular weight is 352 g/mol. The van der Waals surface area contributed by atoms with Crippen LogP contribution in [0.15, 0.2) is 53.1 Å². The molecule has 0 N–H and O–H groups in total. The van der Waals surface area contributed by atoms with Crippen molar-refractivity contribution in [1.29, 1.82) is 0 Å². The number of piperidine rings is 1. The molecule has 0 radical (unpaired) electrons. The van der Waals surface area contributed by atoms with E-state index in [1.165, 1.54) is 5.56 Å². The topological polar surface area (TPSA) is 53.8 Å². The van der Waals surface area contributed by atoms with Gasteiger partial charge in [0.05, 0.1) is 18.7 Å². The van der Waals surface area contributed by atoms with Crippen molar-refractivity contribution < 1.29 is 14.0 Å². The van der Waals surface area contributed by atoms with Gasteiger partial charge in [-0.05, 0) is 36.5 Å². The fourth-order valence-electron chi connectivity index (χ4n) is 4.10. The van der Waals surface area contributed by atoms with Crippen LogP contribution in [0, 0.1) is 5.92 Å². The van der Waals surface area contributed by atoms with Crippen molar-refractivity contribution in [3.8, 4) is 0 Å². The van der Waals surface area contributed by atoms with E-state index in [0.29, 0.717) is 25.4 Å². The van der Waals surface area contributed by atoms with Gasteiger partial charge in [-0.1, -0.05) is 30.3 Å². The average Bonchev–Trinajstić information content (AvgIpc) is 3.32. The predicted molar refractivity (Wildman–Crippen MR) is 97.2 cm³/mol. The van der Waals surface area contributed by atoms with Gasteiger partial charge in [-0.25, -0.2) is 0 Å². The summed E-state index contributed by atoms with van der Waals surface area (Å²) in [7, 11) is 0. The molecule has 136 valence electrons. The number of nitrogens with zero attached hydrogens (tertiary/aromatic N) is 2. The zero-order valence-electron chi connectivity index (χ0n) is 14.8. The van der Waals surface area contributed by atoms with Crippen LogP contribution < -0.4 is 0 Å². The molecule has 0 aliphatic carbocycles. The number of carbonyl (C=O) groups is 2. The Bertz CT molecular complexity index is 749. The molecule has 1 aromatic carbocycles. The first kappa shape index (κ1) is 16.9. The second-order valence-corrected chi connectivity index (χ2v) is 7.26. The monoisotopic (exact) mass is 352 g/mol. The summed E-state index contributed by atoms with van der Waals surface area (Å²) >= 11 is 0. The zero-order chi connectivity index (χ0) is 17.9. The molecule has 4 rings (SSSR count). The number of furan rings is 1. The number of hydrogen-bond donors (Lipinski definition) is 0. The van der Waals surface area contributed by atoms with Crippen LogP contribution in [0.25, 0.3) is 0 Å². The minimum Gasteiger partial charge on any atom is -0.467 e. The minimum absolute atomic E-state index is 0.0407. The normalized spacial score (nSPS) is 21.4. The maximum Gasteiger partial charge on any atom is 0.227 e. The molecule has 1 atom stereocenters. The Balaban J connectivity index is 1.32. The van der Waals surface area contributed by atoms with Gasteiger partial charge in [0.2, 0.25) is 11.8 Å². The molecule has 3 heterocycles. The first-order valence-corrected chi connectivity index (χ1v) is 9.34. The van der Waals surface area contributed by atoms with Crippen molar-refractivity contribution in [3.05, 3.63) is 60.1 Å². The van der Waals surface area contributed by atoms with E-state index in [9.17, 15) is 9.59 Å². The highest BCUT2D eigenvalue weighted by Gasteiger charge is 2.37. The van der Waals surface area contributed by atoms with Crippen LogP contribution in [-0.2, 0) is 16.1 Å². The van der Waals surface area contributed by atoms with Crippen molar-refractivity contribution >= 4 is 11.8 Å². The molecule has 2 amide bonds. The number of benzene rings is 1. The highest BCUT2D eigenvalue weighted by Crippen LogP contribution is 2.30. The van der Waals surface area contributed by atoms with E-state index in [4.69, 9.17) is 4.42 Å². The SMILES string of the molecule is O=C1CC(C(=O)N2CCC(c3ccccc3)CC2)CN1Cc1ccco1. The van der Waals surface area contributed by atoms with Crippen molar-refractivity contribution in [1.82, 2.24) is 9.80 Å². The first-order chi connectivity index (χ1) is 12.7. The van der Waals surface area contributed by atoms with Crippen LogP contribution in [-0.4, -0.2) is 41.2 Å². The molecule has 2 aromatic rings. The smallest absolute Gasteiger partial charge is 0.227 e. The van der Waals surface area contributed by atoms with Crippen molar-refractivity contribution in [2.75, 3.05) is 19.6 Å². The molecule has 5 nitrogen and oxygen atoms in total. The molecule has 2 fully saturated rings. The van der Waals surface area contributed by atoms with Gasteiger partial charge >= 0.3 is 0 Å². The molecule has 0 bridgehead atoms. The van der Waals surface area contributed by atoms with Crippen molar-refractivity contribution in [3.63, 3.8) is 0 Å². The van der Waals surface area contributed by atoms with E-state index >= 15 is 0 Å². The third kappa shape index (κ3) is 3.52. The van der Waals surface area contributed by atoms with Gasteiger partial charge in [-0.15, -0.1) is 0 Å². The van der Waals surface area contributed by atoms with Gasteiger partial charge in [0.25, 0.3) is 0 Å². The van der Waals surface area contributed by atoms with Gasteiger partial charge < -0.3 is 14.2 Å². The van der Waals surface area contributed by atoms with E-state index in [1.807, 2.05) is 23.1 Å². The zero-order valence-corrected chi connectivity index (χ0v) is 14.8. The molecule has 1 aromatic heterocycles. The van der Waals surface area contributed by atoms with E-state index in [0.717, 1.165) is 31.7 Å². The summed E-state index contributed by atoms with van der Waals surface area (Å²) in [5.74, 6) is 1.24. The quantitative estimate of drug-likeness (QED) is 0.850. The van der Waals surface area contributed by atoms with Crippen LogP contribution in [0.2, 0.25) is 0 Å². The second kappa shape index (κ2) is 7.36. The highest BCUT2D eigenvalue weighted by atomic mass is 16.3. The largest absolute Gasteiger partial charge is 0.467 e. The number of carbonyl (C=O) groups excluding carboxylic acids is 2. The highest BCUT2D eigenvalue weighted by molar-refractivity contribution is 5.89. The third-order valence-electron chi connectivity index (χ3n) is 5.57. The summed E-state index contributed by atoms with van der Waals surface area (Å²) in [6, 6.07) is 14.2. The van der Waals surface area contributed by atoms with E-state index in [-0.39, 0.29) is 17.7 Å². The summed E-state index contributed by atoms with van der Waals surface area (Å²) in [5, 5.41) is 0. The molecule has 0 saturated carbocycles. The van der Waals surface area contributed by atoms with Crippen LogP contribution in [0.3, 0.4) is 0 Å². The molecular formula is C21H24N2O3. The maximum atomic E-state index is 12.9. The number of rotatable bonds is 4. The number of likely N-dealkylation sites (tertiary alicyclic amines) is 2. The summed E-state index contributed by atoms with van der Waals surface area (Å²) < 4.78 is 5.32. The standard InChI is InChI=1S/C21H24N2O3/c24-20-13-18(14-23(20)15-19-7-4-12-26-19)21(25)22-10-8-17(9-11-22)16-5-2-1-3-6-16/h1-7,12,17-18H,8-11,13-15H2. The molecule has 5 heteroatoms. The van der Waals surface area contributed by atoms with E-state index in [2.05, 4.69) is 24.3 Å². The fourth-order valence-corrected chi connectivity index (χ4v) is 4.10. The lowest BCUT2D eigenvalue weighted by molar-refractivity contribution is -0.136. The Morgan fingerprint density at radius 1 is 1.08 bits per heavy atom. The van der Waals surface area contributed by atoms with Gasteiger partial charge in [0.15, 0.2) is 0 Å². The molecular weight excluding hydrogens is 328 g/mol. The fraction of sp³-hybridized carbons (Fsp3) is 0.429. The number of hydrogen-bond acceptors (Lipinski definition) is 3. The molecule has 26 heavy (non-hydrogen) atoms. The lowest BCUT2D eigenvalue weighted by Crippen LogP contribution is -2.42. The Hall–Kier alpha value is -2.56. The third-order valence-corrected chi connectivity index (χ3v) is 5.57. The number of amides is 2. The van der Waals surface area contributed by atoms with Crippen LogP contribution >= 0.6 is 0 Å². The Labute approximate surface area is 153 Å². The molecule has 1 unspecified atom stereocenters. The summed E-state index contributed by atoms with van der Waals surface area (Å²) in [6.07, 6.45) is 3.91. The lowest BCUT2D eigenvalue weighted by atomic mass is 9.89. The van der Waals surface area contributed by atoms with Gasteiger partial charge in [0, 0.05) is 26.1 Å². The Morgan fingerprint density at radius 2 is 1.85 bits per heavy atom. The van der Waals surface area contributed by atoms with Crippen LogP contribution in [0.4, 0.5) is 0 Å². The van der Waals surface area contributed by atoms with Gasteiger partial charge in [-0.2, -0.15) is 0 Å². The minimum atomic E-state index is -0.217. The van der Waals surface area contributed by atoms with E-state index in [1.54, 1.807) is 11.2 Å². The Morgan fingerprint density at radius 3 is 2.54 bits per heavy atom. The van der Waals surface area contributed by atoms with Gasteiger partial charge in [0.1, 0.15) is 5.76 Å². The second-order valence-electron chi connectivity index (χ2n) is 7.26. The lowest BCUT2D eigenvalue weighted by Gasteiger charge is -2.33. The molecule has 2 aliphatic heterocycles.